The zero-order chi connectivity index (χ0) is 35.3. The number of rotatable bonds is 19. The first-order chi connectivity index (χ1) is 23.8. The number of esters is 1. The van der Waals surface area contributed by atoms with E-state index in [2.05, 4.69) is 31.0 Å². The van der Waals surface area contributed by atoms with Gasteiger partial charge in [0.15, 0.2) is 0 Å². The Balaban J connectivity index is 0.000000272. The maximum atomic E-state index is 12.1. The standard InChI is InChI=1S/C23H23NO3.C17H28N2O3/c25-23(26)22(24-16-19-7-3-1-4-8-19)15-18-11-13-21(14-12-18)27-17-20-9-5-2-6-10-20;1-4-7-11-21-16-13-14(8-9-15(16)18)17(20)22-12-10-19(5-2)6-3/h1-14,22,24H,15-17H2,(H,25,26);8-9,13H,4-7,10-12,18H2,1-3H3/t22-;/m1./s1. The van der Waals surface area contributed by atoms with E-state index >= 15 is 0 Å². The van der Waals surface area contributed by atoms with Crippen LogP contribution in [0.2, 0.25) is 0 Å². The maximum Gasteiger partial charge on any atom is 0.338 e. The highest BCUT2D eigenvalue weighted by atomic mass is 16.5. The minimum absolute atomic E-state index is 0.340. The Morgan fingerprint density at radius 1 is 0.796 bits per heavy atom. The second-order valence-corrected chi connectivity index (χ2v) is 11.5. The molecule has 0 aliphatic carbocycles. The molecule has 4 rings (SSSR count). The third-order valence-corrected chi connectivity index (χ3v) is 7.84. The number of nitrogens with zero attached hydrogens (tertiary/aromatic N) is 1. The summed E-state index contributed by atoms with van der Waals surface area (Å²) in [6, 6.07) is 31.7. The molecule has 0 amide bonds. The van der Waals surface area contributed by atoms with Crippen LogP contribution in [0.4, 0.5) is 5.69 Å². The van der Waals surface area contributed by atoms with Gasteiger partial charge in [-0.3, -0.25) is 4.79 Å². The Morgan fingerprint density at radius 2 is 1.45 bits per heavy atom. The monoisotopic (exact) mass is 669 g/mol. The van der Waals surface area contributed by atoms with Crippen LogP contribution in [-0.2, 0) is 29.1 Å². The van der Waals surface area contributed by atoms with Crippen LogP contribution >= 0.6 is 0 Å². The number of carbonyl (C=O) groups is 2. The number of nitrogens with one attached hydrogen (secondary N) is 1. The smallest absolute Gasteiger partial charge is 0.338 e. The molecule has 262 valence electrons. The van der Waals surface area contributed by atoms with Crippen molar-refractivity contribution < 1.29 is 28.9 Å². The summed E-state index contributed by atoms with van der Waals surface area (Å²) in [5, 5.41) is 12.6. The molecule has 9 nitrogen and oxygen atoms in total. The molecular weight excluding hydrogens is 618 g/mol. The first-order valence-corrected chi connectivity index (χ1v) is 17.0. The van der Waals surface area contributed by atoms with E-state index < -0.39 is 12.0 Å². The van der Waals surface area contributed by atoms with Crippen LogP contribution in [0, 0.1) is 0 Å². The van der Waals surface area contributed by atoms with E-state index in [-0.39, 0.29) is 5.97 Å². The second kappa shape index (κ2) is 21.9. The Labute approximate surface area is 291 Å². The third-order valence-electron chi connectivity index (χ3n) is 7.84. The Kier molecular flexibility index (Phi) is 17.2. The van der Waals surface area contributed by atoms with Crippen molar-refractivity contribution >= 4 is 17.6 Å². The summed E-state index contributed by atoms with van der Waals surface area (Å²) in [5.74, 6) is 0.126. The van der Waals surface area contributed by atoms with E-state index in [0.717, 1.165) is 54.9 Å². The molecule has 0 aromatic heterocycles. The highest BCUT2D eigenvalue weighted by Gasteiger charge is 2.17. The molecule has 0 saturated carbocycles. The molecule has 0 aliphatic rings. The van der Waals surface area contributed by atoms with Gasteiger partial charge in [-0.15, -0.1) is 0 Å². The van der Waals surface area contributed by atoms with E-state index in [1.165, 1.54) is 0 Å². The Hall–Kier alpha value is -4.86. The van der Waals surface area contributed by atoms with Crippen LogP contribution in [0.5, 0.6) is 11.5 Å². The second-order valence-electron chi connectivity index (χ2n) is 11.5. The van der Waals surface area contributed by atoms with Crippen LogP contribution < -0.4 is 20.5 Å². The molecule has 49 heavy (non-hydrogen) atoms. The lowest BCUT2D eigenvalue weighted by Gasteiger charge is -2.17. The first kappa shape index (κ1) is 38.6. The zero-order valence-corrected chi connectivity index (χ0v) is 29.0. The van der Waals surface area contributed by atoms with Gasteiger partial charge in [-0.05, 0) is 73.0 Å². The molecule has 0 radical (unpaired) electrons. The molecular formula is C40H51N3O6. The summed E-state index contributed by atoms with van der Waals surface area (Å²) in [4.78, 5) is 25.8. The van der Waals surface area contributed by atoms with Crippen molar-refractivity contribution in [3.05, 3.63) is 125 Å². The largest absolute Gasteiger partial charge is 0.491 e. The Bertz CT molecular complexity index is 1510. The highest BCUT2D eigenvalue weighted by Crippen LogP contribution is 2.23. The fraction of sp³-hybridized carbons (Fsp3) is 0.350. The fourth-order valence-electron chi connectivity index (χ4n) is 4.79. The molecule has 0 spiro atoms. The molecule has 0 fully saturated rings. The van der Waals surface area contributed by atoms with Gasteiger partial charge in [-0.1, -0.05) is 100.0 Å². The lowest BCUT2D eigenvalue weighted by molar-refractivity contribution is -0.139. The van der Waals surface area contributed by atoms with Crippen LogP contribution in [0.1, 0.15) is 60.7 Å². The van der Waals surface area contributed by atoms with Gasteiger partial charge in [0.1, 0.15) is 30.8 Å². The van der Waals surface area contributed by atoms with E-state index in [9.17, 15) is 14.7 Å². The topological polar surface area (TPSA) is 123 Å². The number of likely N-dealkylation sites (N-methyl/N-ethyl adjacent to an activating group) is 1. The van der Waals surface area contributed by atoms with Crippen LogP contribution in [-0.4, -0.2) is 60.8 Å². The van der Waals surface area contributed by atoms with E-state index in [1.807, 2.05) is 84.9 Å². The van der Waals surface area contributed by atoms with Gasteiger partial charge >= 0.3 is 11.9 Å². The number of carboxylic acid groups (broad SMARTS) is 1. The van der Waals surface area contributed by atoms with Crippen molar-refractivity contribution in [2.45, 2.75) is 59.2 Å². The normalized spacial score (nSPS) is 11.3. The van der Waals surface area contributed by atoms with E-state index in [0.29, 0.717) is 49.8 Å². The van der Waals surface area contributed by atoms with Gasteiger partial charge in [0.25, 0.3) is 0 Å². The van der Waals surface area contributed by atoms with Gasteiger partial charge in [0.05, 0.1) is 17.9 Å². The predicted molar refractivity (Wildman–Crippen MR) is 195 cm³/mol. The number of carboxylic acids is 1. The minimum atomic E-state index is -0.852. The number of benzene rings is 4. The van der Waals surface area contributed by atoms with Crippen LogP contribution in [0.15, 0.2) is 103 Å². The van der Waals surface area contributed by atoms with Gasteiger partial charge in [-0.2, -0.15) is 0 Å². The number of aliphatic carboxylic acids is 1. The predicted octanol–water partition coefficient (Wildman–Crippen LogP) is 7.00. The molecule has 1 atom stereocenters. The molecule has 4 aromatic rings. The number of nitrogens with two attached hydrogens (primary N) is 1. The molecule has 9 heteroatoms. The summed E-state index contributed by atoms with van der Waals surface area (Å²) >= 11 is 0. The number of ether oxygens (including phenoxy) is 3. The lowest BCUT2D eigenvalue weighted by Crippen LogP contribution is -2.38. The SMILES string of the molecule is CCCCOc1cc(C(=O)OCCN(CC)CC)ccc1N.O=C(O)[C@@H](Cc1ccc(OCc2ccccc2)cc1)NCc1ccccc1. The average molecular weight is 670 g/mol. The van der Waals surface area contributed by atoms with Crippen molar-refractivity contribution in [2.24, 2.45) is 0 Å². The molecule has 0 bridgehead atoms. The van der Waals surface area contributed by atoms with Crippen LogP contribution in [0.3, 0.4) is 0 Å². The van der Waals surface area contributed by atoms with Crippen molar-refractivity contribution in [2.75, 3.05) is 38.6 Å². The first-order valence-electron chi connectivity index (χ1n) is 17.0. The molecule has 0 aliphatic heterocycles. The van der Waals surface area contributed by atoms with Crippen LogP contribution in [0.25, 0.3) is 0 Å². The summed E-state index contributed by atoms with van der Waals surface area (Å²) in [6.07, 6.45) is 2.42. The number of hydrogen-bond donors (Lipinski definition) is 3. The van der Waals surface area contributed by atoms with E-state index in [1.54, 1.807) is 18.2 Å². The summed E-state index contributed by atoms with van der Waals surface area (Å²) in [7, 11) is 0. The Morgan fingerprint density at radius 3 is 2.06 bits per heavy atom. The number of nitrogen functional groups attached to an aromatic ring is 1. The lowest BCUT2D eigenvalue weighted by atomic mass is 10.1. The van der Waals surface area contributed by atoms with Crippen molar-refractivity contribution in [3.63, 3.8) is 0 Å². The summed E-state index contributed by atoms with van der Waals surface area (Å²) < 4.78 is 16.7. The average Bonchev–Trinajstić information content (AvgIpc) is 3.13. The molecule has 4 aromatic carbocycles. The number of carbonyl (C=O) groups excluding carboxylic acids is 1. The maximum absolute atomic E-state index is 12.1. The van der Waals surface area contributed by atoms with E-state index in [4.69, 9.17) is 19.9 Å². The highest BCUT2D eigenvalue weighted by molar-refractivity contribution is 5.90. The van der Waals surface area contributed by atoms with Crippen molar-refractivity contribution in [1.29, 1.82) is 0 Å². The number of anilines is 1. The van der Waals surface area contributed by atoms with Gasteiger partial charge in [-0.25, -0.2) is 4.79 Å². The van der Waals surface area contributed by atoms with Gasteiger partial charge in [0, 0.05) is 13.1 Å². The molecule has 0 heterocycles. The molecule has 0 saturated heterocycles. The van der Waals surface area contributed by atoms with Crippen molar-refractivity contribution in [3.8, 4) is 11.5 Å². The quantitative estimate of drug-likeness (QED) is 0.0550. The van der Waals surface area contributed by atoms with Crippen molar-refractivity contribution in [1.82, 2.24) is 10.2 Å². The fourth-order valence-corrected chi connectivity index (χ4v) is 4.79. The minimum Gasteiger partial charge on any atom is -0.491 e. The molecule has 0 unspecified atom stereocenters. The van der Waals surface area contributed by atoms with Gasteiger partial charge in [0.2, 0.25) is 0 Å². The van der Waals surface area contributed by atoms with Gasteiger partial charge < -0.3 is 35.3 Å². The third kappa shape index (κ3) is 14.4. The number of hydrogen-bond acceptors (Lipinski definition) is 8. The summed E-state index contributed by atoms with van der Waals surface area (Å²) in [6.45, 7) is 10.9. The molecule has 4 N–H and O–H groups in total. The summed E-state index contributed by atoms with van der Waals surface area (Å²) in [5.41, 5.74) is 10.0. The number of unbranched alkanes of at least 4 members (excludes halogenated alkanes) is 1. The zero-order valence-electron chi connectivity index (χ0n) is 29.0.